The SMILES string of the molecule is CC(C)(C)OCC(=O)NCCc1ccc(F)cc1. The highest BCUT2D eigenvalue weighted by atomic mass is 19.1. The smallest absolute Gasteiger partial charge is 0.246 e. The van der Waals surface area contributed by atoms with Gasteiger partial charge in [0.2, 0.25) is 5.91 Å². The molecule has 0 bridgehead atoms. The summed E-state index contributed by atoms with van der Waals surface area (Å²) >= 11 is 0. The molecule has 1 aromatic rings. The number of rotatable bonds is 5. The first kappa shape index (κ1) is 14.6. The molecule has 3 nitrogen and oxygen atoms in total. The summed E-state index contributed by atoms with van der Waals surface area (Å²) in [5.41, 5.74) is 0.683. The minimum atomic E-state index is -0.311. The van der Waals surface area contributed by atoms with Crippen molar-refractivity contribution in [3.63, 3.8) is 0 Å². The summed E-state index contributed by atoms with van der Waals surface area (Å²) in [4.78, 5) is 11.4. The molecule has 0 aromatic heterocycles. The molecule has 0 atom stereocenters. The number of nitrogens with one attached hydrogen (secondary N) is 1. The molecule has 1 rings (SSSR count). The van der Waals surface area contributed by atoms with Crippen molar-refractivity contribution in [2.24, 2.45) is 0 Å². The maximum absolute atomic E-state index is 12.7. The predicted molar refractivity (Wildman–Crippen MR) is 68.8 cm³/mol. The van der Waals surface area contributed by atoms with Gasteiger partial charge in [-0.05, 0) is 44.9 Å². The number of hydrogen-bond acceptors (Lipinski definition) is 2. The molecule has 0 aliphatic rings. The van der Waals surface area contributed by atoms with Gasteiger partial charge in [0.15, 0.2) is 0 Å². The van der Waals surface area contributed by atoms with Crippen LogP contribution in [0.5, 0.6) is 0 Å². The molecule has 1 aromatic carbocycles. The highest BCUT2D eigenvalue weighted by Gasteiger charge is 2.12. The van der Waals surface area contributed by atoms with Crippen LogP contribution in [0.15, 0.2) is 24.3 Å². The normalized spacial score (nSPS) is 11.3. The standard InChI is InChI=1S/C14H20FNO2/c1-14(2,3)18-10-13(17)16-9-8-11-4-6-12(15)7-5-11/h4-7H,8-10H2,1-3H3,(H,16,17). The lowest BCUT2D eigenvalue weighted by molar-refractivity contribution is -0.130. The van der Waals surface area contributed by atoms with E-state index in [0.29, 0.717) is 13.0 Å². The third kappa shape index (κ3) is 6.35. The van der Waals surface area contributed by atoms with Gasteiger partial charge in [0.05, 0.1) is 5.60 Å². The average molecular weight is 253 g/mol. The van der Waals surface area contributed by atoms with Crippen molar-refractivity contribution < 1.29 is 13.9 Å². The number of ether oxygens (including phenoxy) is 1. The van der Waals surface area contributed by atoms with Crippen LogP contribution in [0.25, 0.3) is 0 Å². The highest BCUT2D eigenvalue weighted by Crippen LogP contribution is 2.05. The average Bonchev–Trinajstić information content (AvgIpc) is 2.28. The van der Waals surface area contributed by atoms with Gasteiger partial charge in [-0.15, -0.1) is 0 Å². The number of hydrogen-bond donors (Lipinski definition) is 1. The van der Waals surface area contributed by atoms with Gasteiger partial charge in [0.25, 0.3) is 0 Å². The molecule has 100 valence electrons. The zero-order valence-electron chi connectivity index (χ0n) is 11.1. The molecular formula is C14H20FNO2. The summed E-state index contributed by atoms with van der Waals surface area (Å²) in [5.74, 6) is -0.381. The first-order chi connectivity index (χ1) is 8.37. The molecule has 0 unspecified atom stereocenters. The quantitative estimate of drug-likeness (QED) is 0.874. The van der Waals surface area contributed by atoms with E-state index in [4.69, 9.17) is 4.74 Å². The molecule has 4 heteroatoms. The zero-order chi connectivity index (χ0) is 13.6. The molecule has 1 N–H and O–H groups in total. The Morgan fingerprint density at radius 3 is 2.44 bits per heavy atom. The first-order valence-corrected chi connectivity index (χ1v) is 6.02. The van der Waals surface area contributed by atoms with E-state index in [1.165, 1.54) is 12.1 Å². The molecule has 0 spiro atoms. The number of carbonyl (C=O) groups is 1. The van der Waals surface area contributed by atoms with Gasteiger partial charge in [-0.25, -0.2) is 4.39 Å². The Hall–Kier alpha value is -1.42. The second-order valence-electron chi connectivity index (χ2n) is 5.13. The summed E-state index contributed by atoms with van der Waals surface area (Å²) in [7, 11) is 0. The van der Waals surface area contributed by atoms with Crippen LogP contribution in [0.2, 0.25) is 0 Å². The van der Waals surface area contributed by atoms with Crippen LogP contribution in [0, 0.1) is 5.82 Å². The maximum atomic E-state index is 12.7. The summed E-state index contributed by atoms with van der Waals surface area (Å²) in [5, 5.41) is 2.76. The third-order valence-corrected chi connectivity index (χ3v) is 2.29. The number of halogens is 1. The fraction of sp³-hybridized carbons (Fsp3) is 0.500. The van der Waals surface area contributed by atoms with Crippen LogP contribution in [0.4, 0.5) is 4.39 Å². The molecule has 0 aliphatic carbocycles. The summed E-state index contributed by atoms with van der Waals surface area (Å²) in [6, 6.07) is 6.26. The molecule has 1 amide bonds. The Balaban J connectivity index is 2.21. The van der Waals surface area contributed by atoms with E-state index in [9.17, 15) is 9.18 Å². The molecule has 0 saturated carbocycles. The van der Waals surface area contributed by atoms with Crippen molar-refractivity contribution in [1.29, 1.82) is 0 Å². The van der Waals surface area contributed by atoms with E-state index < -0.39 is 0 Å². The van der Waals surface area contributed by atoms with Crippen LogP contribution in [0.3, 0.4) is 0 Å². The Bertz CT molecular complexity index is 382. The van der Waals surface area contributed by atoms with Crippen LogP contribution in [-0.4, -0.2) is 24.7 Å². The largest absolute Gasteiger partial charge is 0.366 e. The van der Waals surface area contributed by atoms with Crippen LogP contribution >= 0.6 is 0 Å². The Labute approximate surface area is 107 Å². The fourth-order valence-electron chi connectivity index (χ4n) is 1.33. The van der Waals surface area contributed by atoms with E-state index in [2.05, 4.69) is 5.32 Å². The van der Waals surface area contributed by atoms with E-state index >= 15 is 0 Å². The molecule has 0 radical (unpaired) electrons. The maximum Gasteiger partial charge on any atom is 0.246 e. The first-order valence-electron chi connectivity index (χ1n) is 6.02. The fourth-order valence-corrected chi connectivity index (χ4v) is 1.33. The van der Waals surface area contributed by atoms with Crippen molar-refractivity contribution in [3.05, 3.63) is 35.6 Å². The van der Waals surface area contributed by atoms with Crippen molar-refractivity contribution in [3.8, 4) is 0 Å². The molecule has 0 fully saturated rings. The lowest BCUT2D eigenvalue weighted by Crippen LogP contribution is -2.33. The van der Waals surface area contributed by atoms with Gasteiger partial charge in [-0.2, -0.15) is 0 Å². The minimum Gasteiger partial charge on any atom is -0.366 e. The zero-order valence-corrected chi connectivity index (χ0v) is 11.1. The van der Waals surface area contributed by atoms with Gasteiger partial charge in [0, 0.05) is 6.54 Å². The summed E-state index contributed by atoms with van der Waals surface area (Å²) < 4.78 is 18.0. The van der Waals surface area contributed by atoms with E-state index in [1.54, 1.807) is 12.1 Å². The molecule has 0 saturated heterocycles. The Morgan fingerprint density at radius 1 is 1.28 bits per heavy atom. The molecule has 0 heterocycles. The second-order valence-corrected chi connectivity index (χ2v) is 5.13. The lowest BCUT2D eigenvalue weighted by atomic mass is 10.1. The van der Waals surface area contributed by atoms with Gasteiger partial charge in [0.1, 0.15) is 12.4 Å². The minimum absolute atomic E-state index is 0.0624. The van der Waals surface area contributed by atoms with E-state index in [1.807, 2.05) is 20.8 Å². The highest BCUT2D eigenvalue weighted by molar-refractivity contribution is 5.77. The lowest BCUT2D eigenvalue weighted by Gasteiger charge is -2.18. The predicted octanol–water partition coefficient (Wildman–Crippen LogP) is 2.30. The third-order valence-electron chi connectivity index (χ3n) is 2.29. The number of benzene rings is 1. The molecule has 0 aliphatic heterocycles. The van der Waals surface area contributed by atoms with Crippen LogP contribution in [-0.2, 0) is 16.0 Å². The monoisotopic (exact) mass is 253 g/mol. The van der Waals surface area contributed by atoms with Crippen molar-refractivity contribution >= 4 is 5.91 Å². The second kappa shape index (κ2) is 6.50. The van der Waals surface area contributed by atoms with Crippen LogP contribution < -0.4 is 5.32 Å². The van der Waals surface area contributed by atoms with E-state index in [0.717, 1.165) is 5.56 Å². The van der Waals surface area contributed by atoms with Gasteiger partial charge >= 0.3 is 0 Å². The van der Waals surface area contributed by atoms with Crippen molar-refractivity contribution in [2.45, 2.75) is 32.8 Å². The van der Waals surface area contributed by atoms with E-state index in [-0.39, 0.29) is 23.9 Å². The Morgan fingerprint density at radius 2 is 1.89 bits per heavy atom. The summed E-state index contributed by atoms with van der Waals surface area (Å²) in [6.45, 7) is 6.29. The molecule has 18 heavy (non-hydrogen) atoms. The summed E-state index contributed by atoms with van der Waals surface area (Å²) in [6.07, 6.45) is 0.682. The Kier molecular flexibility index (Phi) is 5.28. The van der Waals surface area contributed by atoms with Gasteiger partial charge in [-0.1, -0.05) is 12.1 Å². The van der Waals surface area contributed by atoms with Crippen LogP contribution in [0.1, 0.15) is 26.3 Å². The van der Waals surface area contributed by atoms with Crippen molar-refractivity contribution in [1.82, 2.24) is 5.32 Å². The molecular weight excluding hydrogens is 233 g/mol. The van der Waals surface area contributed by atoms with Gasteiger partial charge < -0.3 is 10.1 Å². The number of carbonyl (C=O) groups excluding carboxylic acids is 1. The van der Waals surface area contributed by atoms with Gasteiger partial charge in [-0.3, -0.25) is 4.79 Å². The topological polar surface area (TPSA) is 38.3 Å². The number of amides is 1. The van der Waals surface area contributed by atoms with Crippen molar-refractivity contribution in [2.75, 3.05) is 13.2 Å².